The van der Waals surface area contributed by atoms with Crippen LogP contribution < -0.4 is 14.8 Å². The molecule has 21 heavy (non-hydrogen) atoms. The zero-order valence-corrected chi connectivity index (χ0v) is 12.0. The van der Waals surface area contributed by atoms with E-state index in [0.717, 1.165) is 0 Å². The number of carboxylic acid groups (broad SMARTS) is 1. The van der Waals surface area contributed by atoms with Gasteiger partial charge in [0.25, 0.3) is 5.91 Å². The fourth-order valence-electron chi connectivity index (χ4n) is 1.55. The van der Waals surface area contributed by atoms with Crippen LogP contribution in [0.3, 0.4) is 0 Å². The van der Waals surface area contributed by atoms with Crippen molar-refractivity contribution in [1.82, 2.24) is 5.32 Å². The molecule has 7 heteroatoms. The van der Waals surface area contributed by atoms with Gasteiger partial charge in [0.05, 0.1) is 19.1 Å². The van der Waals surface area contributed by atoms with Crippen LogP contribution in [0.1, 0.15) is 13.3 Å². The minimum atomic E-state index is -1.50. The number of amides is 1. The molecule has 0 aliphatic carbocycles. The average Bonchev–Trinajstić information content (AvgIpc) is 2.42. The molecule has 1 atom stereocenters. The minimum absolute atomic E-state index is 0.163. The summed E-state index contributed by atoms with van der Waals surface area (Å²) in [6.07, 6.45) is -0.452. The zero-order valence-electron chi connectivity index (χ0n) is 12.0. The van der Waals surface area contributed by atoms with Gasteiger partial charge in [-0.2, -0.15) is 0 Å². The second-order valence-electron chi connectivity index (χ2n) is 4.81. The van der Waals surface area contributed by atoms with Crippen molar-refractivity contribution in [1.29, 1.82) is 0 Å². The summed E-state index contributed by atoms with van der Waals surface area (Å²) >= 11 is 0. The van der Waals surface area contributed by atoms with Crippen molar-refractivity contribution in [3.8, 4) is 11.5 Å². The molecule has 0 spiro atoms. The molecule has 0 heterocycles. The number of hydrogen-bond donors (Lipinski definition) is 3. The second-order valence-corrected chi connectivity index (χ2v) is 4.81. The van der Waals surface area contributed by atoms with Crippen LogP contribution in [-0.4, -0.2) is 48.0 Å². The molecule has 7 nitrogen and oxygen atoms in total. The zero-order chi connectivity index (χ0) is 15.9. The minimum Gasteiger partial charge on any atom is -0.497 e. The molecule has 1 unspecified atom stereocenters. The Balaban J connectivity index is 2.35. The van der Waals surface area contributed by atoms with Crippen LogP contribution in [0.5, 0.6) is 11.5 Å². The highest BCUT2D eigenvalue weighted by atomic mass is 16.5. The van der Waals surface area contributed by atoms with E-state index in [1.807, 2.05) is 0 Å². The fourth-order valence-corrected chi connectivity index (χ4v) is 1.55. The summed E-state index contributed by atoms with van der Waals surface area (Å²) in [7, 11) is 1.55. The standard InChI is InChI=1S/C14H19NO6/c1-14(19,7-13(17)18)9-15-12(16)8-21-11-5-3-10(20-2)4-6-11/h3-6,19H,7-9H2,1-2H3,(H,15,16)(H,17,18). The third-order valence-corrected chi connectivity index (χ3v) is 2.63. The molecule has 116 valence electrons. The van der Waals surface area contributed by atoms with E-state index in [1.165, 1.54) is 6.92 Å². The van der Waals surface area contributed by atoms with Crippen molar-refractivity contribution in [2.45, 2.75) is 18.9 Å². The van der Waals surface area contributed by atoms with Crippen LogP contribution in [0.25, 0.3) is 0 Å². The first-order chi connectivity index (χ1) is 9.82. The number of methoxy groups -OCH3 is 1. The van der Waals surface area contributed by atoms with Gasteiger partial charge in [-0.15, -0.1) is 0 Å². The molecule has 1 aromatic rings. The Kier molecular flexibility index (Phi) is 5.98. The highest BCUT2D eigenvalue weighted by Gasteiger charge is 2.24. The van der Waals surface area contributed by atoms with E-state index in [-0.39, 0.29) is 13.2 Å². The molecule has 0 aliphatic heterocycles. The molecule has 0 saturated heterocycles. The Labute approximate surface area is 122 Å². The van der Waals surface area contributed by atoms with Gasteiger partial charge in [-0.3, -0.25) is 9.59 Å². The Morgan fingerprint density at radius 2 is 1.81 bits per heavy atom. The molecular weight excluding hydrogens is 278 g/mol. The SMILES string of the molecule is COc1ccc(OCC(=O)NCC(C)(O)CC(=O)O)cc1. The molecule has 0 bridgehead atoms. The van der Waals surface area contributed by atoms with Gasteiger partial charge in [-0.25, -0.2) is 0 Å². The van der Waals surface area contributed by atoms with Gasteiger partial charge in [-0.05, 0) is 31.2 Å². The Hall–Kier alpha value is -2.28. The second kappa shape index (κ2) is 7.49. The van der Waals surface area contributed by atoms with Crippen molar-refractivity contribution in [2.24, 2.45) is 0 Å². The Bertz CT molecular complexity index is 483. The van der Waals surface area contributed by atoms with Gasteiger partial charge in [0.15, 0.2) is 6.61 Å². The lowest BCUT2D eigenvalue weighted by Gasteiger charge is -2.21. The summed E-state index contributed by atoms with van der Waals surface area (Å²) < 4.78 is 10.2. The first kappa shape index (κ1) is 16.8. The molecule has 1 amide bonds. The number of hydrogen-bond acceptors (Lipinski definition) is 5. The molecule has 0 fully saturated rings. The highest BCUT2D eigenvalue weighted by Crippen LogP contribution is 2.16. The monoisotopic (exact) mass is 297 g/mol. The fraction of sp³-hybridized carbons (Fsp3) is 0.429. The van der Waals surface area contributed by atoms with Crippen molar-refractivity contribution in [3.05, 3.63) is 24.3 Å². The molecule has 0 aliphatic rings. The van der Waals surface area contributed by atoms with Gasteiger partial charge in [-0.1, -0.05) is 0 Å². The van der Waals surface area contributed by atoms with Crippen LogP contribution in [0.15, 0.2) is 24.3 Å². The summed E-state index contributed by atoms with van der Waals surface area (Å²) in [6, 6.07) is 6.72. The molecule has 1 aromatic carbocycles. The highest BCUT2D eigenvalue weighted by molar-refractivity contribution is 5.77. The predicted octanol–water partition coefficient (Wildman–Crippen LogP) is 0.416. The van der Waals surface area contributed by atoms with E-state index in [4.69, 9.17) is 14.6 Å². The first-order valence-electron chi connectivity index (χ1n) is 6.30. The summed E-state index contributed by atoms with van der Waals surface area (Å²) in [5, 5.41) is 20.7. The van der Waals surface area contributed by atoms with E-state index in [2.05, 4.69) is 5.32 Å². The van der Waals surface area contributed by atoms with Crippen molar-refractivity contribution < 1.29 is 29.3 Å². The van der Waals surface area contributed by atoms with Crippen LogP contribution in [0, 0.1) is 0 Å². The predicted molar refractivity (Wildman–Crippen MR) is 74.4 cm³/mol. The van der Waals surface area contributed by atoms with E-state index in [0.29, 0.717) is 11.5 Å². The number of rotatable bonds is 8. The number of benzene rings is 1. The molecule has 1 rings (SSSR count). The van der Waals surface area contributed by atoms with E-state index in [9.17, 15) is 14.7 Å². The van der Waals surface area contributed by atoms with E-state index < -0.39 is 23.9 Å². The Morgan fingerprint density at radius 1 is 1.24 bits per heavy atom. The molecule has 0 aromatic heterocycles. The number of nitrogens with one attached hydrogen (secondary N) is 1. The van der Waals surface area contributed by atoms with Crippen LogP contribution in [0.4, 0.5) is 0 Å². The topological polar surface area (TPSA) is 105 Å². The number of carbonyl (C=O) groups excluding carboxylic acids is 1. The molecule has 0 saturated carbocycles. The summed E-state index contributed by atoms with van der Waals surface area (Å²) in [5.74, 6) is -0.403. The smallest absolute Gasteiger partial charge is 0.306 e. The van der Waals surface area contributed by atoms with Crippen LogP contribution >= 0.6 is 0 Å². The van der Waals surface area contributed by atoms with Gasteiger partial charge in [0.2, 0.25) is 0 Å². The van der Waals surface area contributed by atoms with Crippen LogP contribution in [0.2, 0.25) is 0 Å². The van der Waals surface area contributed by atoms with E-state index in [1.54, 1.807) is 31.4 Å². The normalized spacial score (nSPS) is 13.1. The quantitative estimate of drug-likeness (QED) is 0.642. The lowest BCUT2D eigenvalue weighted by molar-refractivity contribution is -0.142. The van der Waals surface area contributed by atoms with Gasteiger partial charge >= 0.3 is 5.97 Å². The third-order valence-electron chi connectivity index (χ3n) is 2.63. The number of aliphatic hydroxyl groups is 1. The average molecular weight is 297 g/mol. The maximum absolute atomic E-state index is 11.6. The summed E-state index contributed by atoms with van der Waals surface area (Å²) in [6.45, 7) is 0.950. The van der Waals surface area contributed by atoms with Crippen molar-refractivity contribution in [3.63, 3.8) is 0 Å². The van der Waals surface area contributed by atoms with Gasteiger partial charge in [0, 0.05) is 6.54 Å². The maximum Gasteiger partial charge on any atom is 0.306 e. The third kappa shape index (κ3) is 6.62. The molecular formula is C14H19NO6. The number of carboxylic acids is 1. The summed E-state index contributed by atoms with van der Waals surface area (Å²) in [5.41, 5.74) is -1.50. The van der Waals surface area contributed by atoms with Gasteiger partial charge in [0.1, 0.15) is 11.5 Å². The lowest BCUT2D eigenvalue weighted by Crippen LogP contribution is -2.43. The number of ether oxygens (including phenoxy) is 2. The Morgan fingerprint density at radius 3 is 2.33 bits per heavy atom. The van der Waals surface area contributed by atoms with Crippen LogP contribution in [-0.2, 0) is 9.59 Å². The first-order valence-corrected chi connectivity index (χ1v) is 6.30. The number of aliphatic carboxylic acids is 1. The number of carbonyl (C=O) groups is 2. The van der Waals surface area contributed by atoms with Crippen molar-refractivity contribution in [2.75, 3.05) is 20.3 Å². The van der Waals surface area contributed by atoms with E-state index >= 15 is 0 Å². The maximum atomic E-state index is 11.6. The summed E-state index contributed by atoms with van der Waals surface area (Å²) in [4.78, 5) is 22.1. The largest absolute Gasteiger partial charge is 0.497 e. The van der Waals surface area contributed by atoms with Crippen molar-refractivity contribution >= 4 is 11.9 Å². The van der Waals surface area contributed by atoms with Gasteiger partial charge < -0.3 is 25.0 Å². The lowest BCUT2D eigenvalue weighted by atomic mass is 10.0. The molecule has 3 N–H and O–H groups in total. The molecule has 0 radical (unpaired) electrons.